The number of alkyl halides is 1. The van der Waals surface area contributed by atoms with Crippen molar-refractivity contribution in [3.05, 3.63) is 0 Å². The van der Waals surface area contributed by atoms with E-state index in [0.29, 0.717) is 0 Å². The Morgan fingerprint density at radius 2 is 1.50 bits per heavy atom. The standard InChI is InChI=1S/C4H12N.C2H3ClO2/c1-5(2,3)4;3-1-2(4)5/h1-4H3;1H2,(H,4,5)/q+1;/p-1. The zero-order chi connectivity index (χ0) is 8.78. The molecule has 0 amide bonds. The molecule has 0 aliphatic carbocycles. The topological polar surface area (TPSA) is 40.1 Å². The third-order valence-electron chi connectivity index (χ3n) is 0.109. The van der Waals surface area contributed by atoms with Gasteiger partial charge in [-0.3, -0.25) is 0 Å². The van der Waals surface area contributed by atoms with Crippen LogP contribution in [0.4, 0.5) is 0 Å². The highest BCUT2D eigenvalue weighted by Crippen LogP contribution is 1.73. The van der Waals surface area contributed by atoms with Crippen molar-refractivity contribution in [2.45, 2.75) is 0 Å². The molecule has 0 N–H and O–H groups in total. The predicted octanol–water partition coefficient (Wildman–Crippen LogP) is -0.702. The maximum Gasteiger partial charge on any atom is 0.0675 e. The van der Waals surface area contributed by atoms with Gasteiger partial charge in [-0.05, 0) is 0 Å². The Morgan fingerprint density at radius 1 is 1.40 bits per heavy atom. The van der Waals surface area contributed by atoms with E-state index < -0.39 is 11.8 Å². The molecular formula is C6H14ClNO2. The Balaban J connectivity index is 0. The number of carboxylic acid groups (broad SMARTS) is 1. The van der Waals surface area contributed by atoms with Crippen molar-refractivity contribution in [3.8, 4) is 0 Å². The molecule has 0 atom stereocenters. The molecule has 0 aromatic carbocycles. The van der Waals surface area contributed by atoms with Gasteiger partial charge in [-0.15, -0.1) is 11.6 Å². The van der Waals surface area contributed by atoms with E-state index in [0.717, 1.165) is 4.48 Å². The van der Waals surface area contributed by atoms with E-state index in [1.807, 2.05) is 0 Å². The number of rotatable bonds is 1. The molecule has 0 unspecified atom stereocenters. The van der Waals surface area contributed by atoms with Crippen molar-refractivity contribution in [2.75, 3.05) is 34.1 Å². The van der Waals surface area contributed by atoms with Gasteiger partial charge in [0.05, 0.1) is 40.0 Å². The van der Waals surface area contributed by atoms with Gasteiger partial charge >= 0.3 is 0 Å². The lowest BCUT2D eigenvalue weighted by atomic mass is 10.8. The van der Waals surface area contributed by atoms with Gasteiger partial charge in [0.25, 0.3) is 0 Å². The van der Waals surface area contributed by atoms with Crippen molar-refractivity contribution in [1.29, 1.82) is 0 Å². The number of hydrogen-bond donors (Lipinski definition) is 0. The first-order valence-corrected chi connectivity index (χ1v) is 3.35. The minimum atomic E-state index is -1.23. The van der Waals surface area contributed by atoms with Crippen LogP contribution in [0.2, 0.25) is 0 Å². The second kappa shape index (κ2) is 5.50. The van der Waals surface area contributed by atoms with Crippen LogP contribution in [0, 0.1) is 0 Å². The lowest BCUT2D eigenvalue weighted by Crippen LogP contribution is -2.27. The molecule has 4 heteroatoms. The summed E-state index contributed by atoms with van der Waals surface area (Å²) in [6.45, 7) is 0. The Bertz CT molecular complexity index is 92.4. The van der Waals surface area contributed by atoms with Crippen LogP contribution >= 0.6 is 11.6 Å². The first kappa shape index (κ1) is 12.4. The molecule has 0 aliphatic heterocycles. The summed E-state index contributed by atoms with van der Waals surface area (Å²) in [5.74, 6) is -1.65. The Morgan fingerprint density at radius 3 is 1.50 bits per heavy atom. The van der Waals surface area contributed by atoms with E-state index in [1.165, 1.54) is 0 Å². The fourth-order valence-electron chi connectivity index (χ4n) is 0. The number of carboxylic acids is 1. The largest absolute Gasteiger partial charge is 0.549 e. The average molecular weight is 168 g/mol. The van der Waals surface area contributed by atoms with E-state index >= 15 is 0 Å². The van der Waals surface area contributed by atoms with E-state index in [9.17, 15) is 0 Å². The molecule has 0 radical (unpaired) electrons. The number of quaternary nitrogens is 1. The fraction of sp³-hybridized carbons (Fsp3) is 0.833. The first-order chi connectivity index (χ1) is 4.27. The number of carbonyl (C=O) groups is 1. The highest BCUT2D eigenvalue weighted by Gasteiger charge is 1.88. The predicted molar refractivity (Wildman–Crippen MR) is 39.7 cm³/mol. The average Bonchev–Trinajstić information content (AvgIpc) is 1.61. The van der Waals surface area contributed by atoms with Gasteiger partial charge in [0.2, 0.25) is 0 Å². The number of nitrogens with zero attached hydrogens (tertiary/aromatic N) is 1. The highest BCUT2D eigenvalue weighted by molar-refractivity contribution is 6.25. The molecule has 0 saturated heterocycles. The van der Waals surface area contributed by atoms with Crippen LogP contribution in [0.1, 0.15) is 0 Å². The summed E-state index contributed by atoms with van der Waals surface area (Å²) in [6.07, 6.45) is 0. The molecule has 0 fully saturated rings. The van der Waals surface area contributed by atoms with E-state index in [1.54, 1.807) is 0 Å². The van der Waals surface area contributed by atoms with Gasteiger partial charge < -0.3 is 14.4 Å². The molecule has 0 saturated carbocycles. The minimum Gasteiger partial charge on any atom is -0.549 e. The highest BCUT2D eigenvalue weighted by atomic mass is 35.5. The molecule has 10 heavy (non-hydrogen) atoms. The number of carbonyl (C=O) groups excluding carboxylic acids is 1. The van der Waals surface area contributed by atoms with Gasteiger partial charge in [-0.2, -0.15) is 0 Å². The lowest BCUT2D eigenvalue weighted by molar-refractivity contribution is -0.849. The number of halogens is 1. The molecule has 0 aromatic heterocycles. The molecular weight excluding hydrogens is 154 g/mol. The maximum absolute atomic E-state index is 9.12. The summed E-state index contributed by atoms with van der Waals surface area (Å²) in [7, 11) is 8.50. The molecule has 0 aliphatic rings. The van der Waals surface area contributed by atoms with Crippen molar-refractivity contribution >= 4 is 17.6 Å². The van der Waals surface area contributed by atoms with Crippen LogP contribution in [0.25, 0.3) is 0 Å². The van der Waals surface area contributed by atoms with Gasteiger partial charge in [0.1, 0.15) is 0 Å². The number of aliphatic carboxylic acids is 1. The van der Waals surface area contributed by atoms with Crippen molar-refractivity contribution in [3.63, 3.8) is 0 Å². The van der Waals surface area contributed by atoms with Gasteiger partial charge in [-0.1, -0.05) is 0 Å². The summed E-state index contributed by atoms with van der Waals surface area (Å²) in [5.41, 5.74) is 0. The van der Waals surface area contributed by atoms with Gasteiger partial charge in [0, 0.05) is 0 Å². The van der Waals surface area contributed by atoms with Crippen LogP contribution < -0.4 is 5.11 Å². The molecule has 62 valence electrons. The van der Waals surface area contributed by atoms with Crippen molar-refractivity contribution in [1.82, 2.24) is 0 Å². The quantitative estimate of drug-likeness (QED) is 0.383. The second-order valence-electron chi connectivity index (χ2n) is 3.19. The smallest absolute Gasteiger partial charge is 0.0675 e. The third kappa shape index (κ3) is 118. The summed E-state index contributed by atoms with van der Waals surface area (Å²) in [4.78, 5) is 9.12. The Kier molecular flexibility index (Phi) is 6.82. The van der Waals surface area contributed by atoms with Crippen molar-refractivity contribution in [2.24, 2.45) is 0 Å². The summed E-state index contributed by atoms with van der Waals surface area (Å²) >= 11 is 4.67. The third-order valence-corrected chi connectivity index (χ3v) is 0.327. The van der Waals surface area contributed by atoms with Crippen LogP contribution in [0.15, 0.2) is 0 Å². The van der Waals surface area contributed by atoms with Gasteiger partial charge in [0.15, 0.2) is 0 Å². The Hall–Kier alpha value is -0.280. The fourth-order valence-corrected chi connectivity index (χ4v) is 0. The molecule has 0 heterocycles. The minimum absolute atomic E-state index is 0.417. The Labute approximate surface area is 66.8 Å². The van der Waals surface area contributed by atoms with Crippen LogP contribution in [0.3, 0.4) is 0 Å². The first-order valence-electron chi connectivity index (χ1n) is 2.82. The van der Waals surface area contributed by atoms with Crippen molar-refractivity contribution < 1.29 is 14.4 Å². The SMILES string of the molecule is C[N+](C)(C)C.O=C([O-])CCl. The number of hydrogen-bond acceptors (Lipinski definition) is 2. The van der Waals surface area contributed by atoms with Gasteiger partial charge in [-0.25, -0.2) is 0 Å². The molecule has 3 nitrogen and oxygen atoms in total. The summed E-state index contributed by atoms with van der Waals surface area (Å²) in [6, 6.07) is 0. The van der Waals surface area contributed by atoms with Crippen LogP contribution in [-0.2, 0) is 4.79 Å². The zero-order valence-corrected chi connectivity index (χ0v) is 7.60. The normalized spacial score (nSPS) is 9.70. The lowest BCUT2D eigenvalue weighted by Gasteiger charge is -2.14. The summed E-state index contributed by atoms with van der Waals surface area (Å²) in [5, 5.41) is 9.12. The van der Waals surface area contributed by atoms with E-state index in [4.69, 9.17) is 9.90 Å². The molecule has 0 aromatic rings. The zero-order valence-electron chi connectivity index (χ0n) is 6.85. The molecule has 0 spiro atoms. The maximum atomic E-state index is 9.12. The molecule has 0 rings (SSSR count). The van der Waals surface area contributed by atoms with E-state index in [-0.39, 0.29) is 0 Å². The van der Waals surface area contributed by atoms with E-state index in [2.05, 4.69) is 39.8 Å². The molecule has 0 bridgehead atoms. The second-order valence-corrected chi connectivity index (χ2v) is 3.46. The van der Waals surface area contributed by atoms with Crippen LogP contribution in [-0.4, -0.2) is 44.5 Å². The monoisotopic (exact) mass is 167 g/mol. The van der Waals surface area contributed by atoms with Crippen LogP contribution in [0.5, 0.6) is 0 Å². The summed E-state index contributed by atoms with van der Waals surface area (Å²) < 4.78 is 1.00.